The second kappa shape index (κ2) is 33.2. The summed E-state index contributed by atoms with van der Waals surface area (Å²) in [6.45, 7) is 38.9. The number of benzene rings is 21. The first kappa shape index (κ1) is 90.1. The maximum Gasteiger partial charge on any atom is 0.164 e. The average molecular weight is 1870 g/mol. The van der Waals surface area contributed by atoms with Crippen LogP contribution in [0.3, 0.4) is 0 Å². The summed E-state index contributed by atoms with van der Waals surface area (Å²) in [6, 6.07) is 153. The van der Waals surface area contributed by atoms with Crippen molar-refractivity contribution in [3.8, 4) is 78.7 Å². The molecule has 0 saturated carbocycles. The van der Waals surface area contributed by atoms with Crippen LogP contribution in [-0.4, -0.2) is 15.0 Å². The van der Waals surface area contributed by atoms with Gasteiger partial charge in [-0.05, 0) is 265 Å². The van der Waals surface area contributed by atoms with Gasteiger partial charge in [0.1, 0.15) is 11.2 Å². The van der Waals surface area contributed by atoms with Gasteiger partial charge in [-0.15, -0.1) is 0 Å². The third kappa shape index (κ3) is 13.7. The van der Waals surface area contributed by atoms with Crippen LogP contribution < -0.4 is 9.80 Å². The Hall–Kier alpha value is -16.2. The second-order valence-corrected chi connectivity index (χ2v) is 44.9. The predicted molar refractivity (Wildman–Crippen MR) is 614 cm³/mol. The van der Waals surface area contributed by atoms with E-state index < -0.39 is 0 Å². The summed E-state index contributed by atoms with van der Waals surface area (Å²) in [5.41, 5.74) is 32.7. The normalized spacial score (nSPS) is 15.6. The molecule has 2 heterocycles. The molecule has 0 radical (unpaired) electrons. The van der Waals surface area contributed by atoms with Gasteiger partial charge in [-0.1, -0.05) is 444 Å². The van der Waals surface area contributed by atoms with Gasteiger partial charge in [0.2, 0.25) is 0 Å². The molecule has 0 amide bonds. The van der Waals surface area contributed by atoms with Gasteiger partial charge in [-0.3, -0.25) is 0 Å². The smallest absolute Gasteiger partial charge is 0.164 e. The minimum atomic E-state index is -0.215. The van der Waals surface area contributed by atoms with Crippen LogP contribution in [0.1, 0.15) is 155 Å². The van der Waals surface area contributed by atoms with Crippen molar-refractivity contribution in [2.75, 3.05) is 9.80 Å². The monoisotopic (exact) mass is 1870 g/mol. The Morgan fingerprint density at radius 1 is 0.179 bits per heavy atom. The molecule has 0 unspecified atom stereocenters. The van der Waals surface area contributed by atoms with Crippen LogP contribution in [0.25, 0.3) is 176 Å². The SMILES string of the molecule is CC1(C)c2c(cccc2N(c2ccccc2)c2ccc3c(c2)oc2ccccc23)-c2ccc3ccc4ccccc4c3c2C1(C)C.CC1(C)c2ccccc2-c2ccc(N(c3ccccc3)c3ccc4c(c3)C(C)(C)C(C)(C)c3c-4ccc4ccc5ccccc5c34)cc2C1(C)C.CC1(C)c2ccccc2-c2ccc3ccc4c(-c5nc(-c6ccccc6)nc(-c6ccc7ccccc7c6)n5)cccc4c3c2C1(C)C. The quantitative estimate of drug-likeness (QED) is 0.134. The number of hydrogen-bond acceptors (Lipinski definition) is 6. The van der Waals surface area contributed by atoms with E-state index in [9.17, 15) is 0 Å². The van der Waals surface area contributed by atoms with E-state index in [4.69, 9.17) is 19.4 Å². The topological polar surface area (TPSA) is 58.3 Å². The zero-order valence-corrected chi connectivity index (χ0v) is 85.5. The summed E-state index contributed by atoms with van der Waals surface area (Å²) >= 11 is 0. The van der Waals surface area contributed by atoms with Gasteiger partial charge in [0, 0.05) is 83.6 Å². The number of anilines is 6. The van der Waals surface area contributed by atoms with E-state index in [1.165, 1.54) is 171 Å². The molecule has 145 heavy (non-hydrogen) atoms. The Kier molecular flexibility index (Phi) is 20.7. The summed E-state index contributed by atoms with van der Waals surface area (Å²) in [5, 5.41) is 20.2. The van der Waals surface area contributed by atoms with Crippen LogP contribution in [-0.2, 0) is 43.3 Å². The van der Waals surface area contributed by atoms with Gasteiger partial charge in [0.15, 0.2) is 17.5 Å². The standard InChI is InChI=1S/C50H47N.C45H35N3.C44H35NO/c1-47(2)42-21-15-14-20-38(42)39-28-25-35(30-43(39)48(47,3)4)51(34-17-10-9-11-18-34)36-26-29-40-41-27-24-33-23-22-32-16-12-13-19-37(32)45(33)46(41)50(7,8)49(5,6)44(40)31-36;1-44(2)38-20-11-10-17-34(38)36-26-24-29-23-25-33-35(39(29)40(36)45(44,3)4)18-12-19-37(33)43-47-41(30-14-6-5-7-15-30)46-42(48-43)32-22-21-28-13-8-9-16-31(28)27-32;1-43(2)41-35(36-25-23-29-22-21-28-13-8-9-16-32(28)40(29)42(36)44(43,3)4)18-12-19-37(41)45(30-14-6-5-7-15-30)31-24-26-34-33-17-10-11-20-38(33)46-39(34)27-31/h9-31H,1-8H3;5-27H,1-4H3;5-27H,1-4H3. The Morgan fingerprint density at radius 2 is 0.524 bits per heavy atom. The minimum Gasteiger partial charge on any atom is -0.456 e. The Balaban J connectivity index is 0.000000114. The Bertz CT molecular complexity index is 9270. The van der Waals surface area contributed by atoms with Crippen LogP contribution in [0.2, 0.25) is 0 Å². The Morgan fingerprint density at radius 3 is 1.12 bits per heavy atom. The van der Waals surface area contributed by atoms with E-state index in [0.29, 0.717) is 17.5 Å². The number of rotatable bonds is 9. The van der Waals surface area contributed by atoms with Gasteiger partial charge in [0.05, 0.1) is 5.69 Å². The van der Waals surface area contributed by atoms with Crippen molar-refractivity contribution in [2.24, 2.45) is 0 Å². The third-order valence-electron chi connectivity index (χ3n) is 35.7. The highest BCUT2D eigenvalue weighted by molar-refractivity contribution is 6.18. The second-order valence-electron chi connectivity index (χ2n) is 44.9. The molecular formula is C139H117N5O. The van der Waals surface area contributed by atoms with Crippen molar-refractivity contribution >= 4 is 131 Å². The van der Waals surface area contributed by atoms with Crippen LogP contribution in [0.5, 0.6) is 0 Å². The van der Waals surface area contributed by atoms with Crippen LogP contribution in [0.4, 0.5) is 34.1 Å². The maximum absolute atomic E-state index is 6.40. The number of fused-ring (bicyclic) bond motifs is 28. The summed E-state index contributed by atoms with van der Waals surface area (Å²) in [7, 11) is 0. The van der Waals surface area contributed by atoms with E-state index in [0.717, 1.165) is 66.5 Å². The van der Waals surface area contributed by atoms with E-state index in [2.05, 4.69) is 509 Å². The van der Waals surface area contributed by atoms with Crippen LogP contribution in [0.15, 0.2) is 423 Å². The first-order valence-corrected chi connectivity index (χ1v) is 51.4. The van der Waals surface area contributed by atoms with E-state index in [-0.39, 0.29) is 43.3 Å². The fraction of sp³-hybridized carbons (Fsp3) is 0.173. The molecule has 4 aliphatic rings. The number of para-hydroxylation sites is 3. The lowest BCUT2D eigenvalue weighted by Crippen LogP contribution is -2.44. The van der Waals surface area contributed by atoms with Crippen molar-refractivity contribution < 1.29 is 4.42 Å². The van der Waals surface area contributed by atoms with Crippen molar-refractivity contribution in [1.82, 2.24) is 15.0 Å². The lowest BCUT2D eigenvalue weighted by Gasteiger charge is -2.50. The fourth-order valence-electron chi connectivity index (χ4n) is 25.3. The third-order valence-corrected chi connectivity index (χ3v) is 35.7. The largest absolute Gasteiger partial charge is 0.456 e. The summed E-state index contributed by atoms with van der Waals surface area (Å²) in [5.74, 6) is 2.00. The van der Waals surface area contributed by atoms with Crippen molar-refractivity contribution in [2.45, 2.75) is 154 Å². The van der Waals surface area contributed by atoms with Gasteiger partial charge < -0.3 is 14.2 Å². The zero-order chi connectivity index (χ0) is 99.3. The number of furan rings is 1. The van der Waals surface area contributed by atoms with Gasteiger partial charge in [-0.2, -0.15) is 0 Å². The van der Waals surface area contributed by atoms with Crippen molar-refractivity contribution in [1.29, 1.82) is 0 Å². The molecule has 6 nitrogen and oxygen atoms in total. The minimum absolute atomic E-state index is 0.0306. The van der Waals surface area contributed by atoms with E-state index in [1.54, 1.807) is 0 Å². The molecule has 0 fully saturated rings. The molecular weight excluding hydrogens is 1760 g/mol. The van der Waals surface area contributed by atoms with Gasteiger partial charge in [0.25, 0.3) is 0 Å². The molecule has 6 heteroatoms. The number of hydrogen-bond donors (Lipinski definition) is 0. The molecule has 2 aromatic heterocycles. The molecule has 0 spiro atoms. The molecule has 21 aromatic carbocycles. The summed E-state index contributed by atoms with van der Waals surface area (Å²) < 4.78 is 6.40. The molecule has 0 N–H and O–H groups in total. The lowest BCUT2D eigenvalue weighted by atomic mass is 9.54. The van der Waals surface area contributed by atoms with Gasteiger partial charge >= 0.3 is 0 Å². The first-order chi connectivity index (χ1) is 70.0. The average Bonchev–Trinajstić information content (AvgIpc) is 1.24. The molecule has 0 atom stereocenters. The fourth-order valence-corrected chi connectivity index (χ4v) is 25.3. The van der Waals surface area contributed by atoms with Crippen molar-refractivity contribution in [3.63, 3.8) is 0 Å². The maximum atomic E-state index is 6.40. The van der Waals surface area contributed by atoms with E-state index in [1.807, 2.05) is 30.3 Å². The molecule has 0 bridgehead atoms. The molecule has 0 saturated heterocycles. The lowest BCUT2D eigenvalue weighted by molar-refractivity contribution is 0.299. The molecule has 27 rings (SSSR count). The van der Waals surface area contributed by atoms with Crippen LogP contribution in [0, 0.1) is 0 Å². The van der Waals surface area contributed by atoms with Crippen LogP contribution >= 0.6 is 0 Å². The highest BCUT2D eigenvalue weighted by atomic mass is 16.3. The molecule has 0 aliphatic heterocycles. The highest BCUT2D eigenvalue weighted by Crippen LogP contribution is 2.64. The predicted octanol–water partition coefficient (Wildman–Crippen LogP) is 38.1. The highest BCUT2D eigenvalue weighted by Gasteiger charge is 2.52. The number of nitrogens with zero attached hydrogens (tertiary/aromatic N) is 5. The molecule has 704 valence electrons. The summed E-state index contributed by atoms with van der Waals surface area (Å²) in [4.78, 5) is 20.2. The molecule has 23 aromatic rings. The zero-order valence-electron chi connectivity index (χ0n) is 85.5. The van der Waals surface area contributed by atoms with Crippen molar-refractivity contribution in [3.05, 3.63) is 463 Å². The van der Waals surface area contributed by atoms with Gasteiger partial charge in [-0.25, -0.2) is 15.0 Å². The first-order valence-electron chi connectivity index (χ1n) is 51.4. The van der Waals surface area contributed by atoms with E-state index >= 15 is 0 Å². The number of aromatic nitrogens is 3. The summed E-state index contributed by atoms with van der Waals surface area (Å²) in [6.07, 6.45) is 0. The molecule has 4 aliphatic carbocycles. The Labute approximate surface area is 850 Å².